The van der Waals surface area contributed by atoms with E-state index < -0.39 is 0 Å². The minimum Gasteiger partial charge on any atom is -0.314 e. The van der Waals surface area contributed by atoms with Gasteiger partial charge in [-0.2, -0.15) is 0 Å². The Labute approximate surface area is 127 Å². The largest absolute Gasteiger partial charge is 0.314 e. The zero-order valence-electron chi connectivity index (χ0n) is 12.9. The third-order valence-corrected chi connectivity index (χ3v) is 4.52. The second kappa shape index (κ2) is 8.13. The summed E-state index contributed by atoms with van der Waals surface area (Å²) < 4.78 is 0. The van der Waals surface area contributed by atoms with Crippen molar-refractivity contribution in [3.05, 3.63) is 39.9 Å². The summed E-state index contributed by atoms with van der Waals surface area (Å²) in [5, 5.41) is 14.4. The first kappa shape index (κ1) is 16.0. The van der Waals surface area contributed by atoms with E-state index in [1.54, 1.807) is 12.1 Å². The van der Waals surface area contributed by atoms with E-state index in [0.29, 0.717) is 6.04 Å². The van der Waals surface area contributed by atoms with Gasteiger partial charge in [-0.3, -0.25) is 10.1 Å². The van der Waals surface area contributed by atoms with E-state index in [1.807, 2.05) is 12.1 Å². The van der Waals surface area contributed by atoms with Gasteiger partial charge in [0, 0.05) is 18.2 Å². The summed E-state index contributed by atoms with van der Waals surface area (Å²) in [6.07, 6.45) is 8.68. The number of nitrogens with zero attached hydrogens (tertiary/aromatic N) is 1. The Balaban J connectivity index is 1.86. The highest BCUT2D eigenvalue weighted by molar-refractivity contribution is 5.32. The van der Waals surface area contributed by atoms with Crippen LogP contribution >= 0.6 is 0 Å². The van der Waals surface area contributed by atoms with Gasteiger partial charge in [0.15, 0.2) is 0 Å². The molecule has 0 amide bonds. The number of aryl methyl sites for hydroxylation is 1. The van der Waals surface area contributed by atoms with E-state index in [0.717, 1.165) is 18.9 Å². The lowest BCUT2D eigenvalue weighted by Crippen LogP contribution is -2.39. The highest BCUT2D eigenvalue weighted by Gasteiger charge is 2.24. The van der Waals surface area contributed by atoms with E-state index in [2.05, 4.69) is 12.2 Å². The van der Waals surface area contributed by atoms with Crippen LogP contribution in [-0.4, -0.2) is 17.5 Å². The highest BCUT2D eigenvalue weighted by Crippen LogP contribution is 2.28. The van der Waals surface area contributed by atoms with Gasteiger partial charge in [0.05, 0.1) is 4.92 Å². The number of hydrogen-bond donors (Lipinski definition) is 1. The van der Waals surface area contributed by atoms with E-state index in [9.17, 15) is 10.1 Å². The van der Waals surface area contributed by atoms with Crippen molar-refractivity contribution in [2.75, 3.05) is 6.54 Å². The zero-order chi connectivity index (χ0) is 15.1. The van der Waals surface area contributed by atoms with Crippen LogP contribution in [0.2, 0.25) is 0 Å². The van der Waals surface area contributed by atoms with Gasteiger partial charge >= 0.3 is 0 Å². The molecule has 0 spiro atoms. The average molecular weight is 290 g/mol. The molecule has 1 aliphatic carbocycles. The molecule has 4 nitrogen and oxygen atoms in total. The van der Waals surface area contributed by atoms with E-state index in [4.69, 9.17) is 0 Å². The molecular weight excluding hydrogens is 264 g/mol. The number of hydrogen-bond acceptors (Lipinski definition) is 3. The smallest absolute Gasteiger partial charge is 0.269 e. The molecule has 1 aliphatic rings. The molecule has 0 heterocycles. The van der Waals surface area contributed by atoms with E-state index in [-0.39, 0.29) is 10.6 Å². The molecule has 0 saturated heterocycles. The summed E-state index contributed by atoms with van der Waals surface area (Å²) in [4.78, 5) is 10.3. The van der Waals surface area contributed by atoms with Crippen molar-refractivity contribution in [3.8, 4) is 0 Å². The molecule has 0 radical (unpaired) electrons. The molecule has 4 heteroatoms. The van der Waals surface area contributed by atoms with Crippen LogP contribution in [0.15, 0.2) is 24.3 Å². The fourth-order valence-corrected chi connectivity index (χ4v) is 3.29. The van der Waals surface area contributed by atoms with Crippen LogP contribution in [0.25, 0.3) is 0 Å². The van der Waals surface area contributed by atoms with Gasteiger partial charge in [-0.05, 0) is 50.1 Å². The Morgan fingerprint density at radius 2 is 1.95 bits per heavy atom. The number of nitro benzene ring substituents is 1. The van der Waals surface area contributed by atoms with Gasteiger partial charge in [-0.15, -0.1) is 0 Å². The second-order valence-electron chi connectivity index (χ2n) is 6.07. The summed E-state index contributed by atoms with van der Waals surface area (Å²) in [6, 6.07) is 7.69. The Kier molecular flexibility index (Phi) is 6.18. The summed E-state index contributed by atoms with van der Waals surface area (Å²) in [5.74, 6) is 0.750. The van der Waals surface area contributed by atoms with Crippen molar-refractivity contribution in [1.82, 2.24) is 5.32 Å². The maximum absolute atomic E-state index is 10.7. The lowest BCUT2D eigenvalue weighted by molar-refractivity contribution is -0.384. The van der Waals surface area contributed by atoms with Crippen LogP contribution in [0, 0.1) is 16.0 Å². The first-order valence-corrected chi connectivity index (χ1v) is 8.17. The maximum Gasteiger partial charge on any atom is 0.269 e. The Hall–Kier alpha value is -1.42. The monoisotopic (exact) mass is 290 g/mol. The highest BCUT2D eigenvalue weighted by atomic mass is 16.6. The first-order valence-electron chi connectivity index (χ1n) is 8.17. The molecule has 2 rings (SSSR count). The molecule has 2 atom stereocenters. The maximum atomic E-state index is 10.7. The van der Waals surface area contributed by atoms with Crippen LogP contribution in [0.3, 0.4) is 0 Å². The van der Waals surface area contributed by atoms with E-state index in [1.165, 1.54) is 44.1 Å². The quantitative estimate of drug-likeness (QED) is 0.608. The molecule has 0 aliphatic heterocycles. The molecule has 1 aromatic rings. The summed E-state index contributed by atoms with van der Waals surface area (Å²) in [7, 11) is 0. The van der Waals surface area contributed by atoms with Gasteiger partial charge in [0.2, 0.25) is 0 Å². The SMILES string of the molecule is CCCNC1CCCCC1CCc1ccc([N+](=O)[O-])cc1. The van der Waals surface area contributed by atoms with E-state index >= 15 is 0 Å². The molecule has 0 aromatic heterocycles. The van der Waals surface area contributed by atoms with Crippen LogP contribution < -0.4 is 5.32 Å². The second-order valence-corrected chi connectivity index (χ2v) is 6.07. The minimum absolute atomic E-state index is 0.180. The Morgan fingerprint density at radius 1 is 1.24 bits per heavy atom. The molecule has 1 saturated carbocycles. The Morgan fingerprint density at radius 3 is 2.62 bits per heavy atom. The van der Waals surface area contributed by atoms with Crippen molar-refractivity contribution < 1.29 is 4.92 Å². The lowest BCUT2D eigenvalue weighted by Gasteiger charge is -2.32. The molecular formula is C17H26N2O2. The number of benzene rings is 1. The standard InChI is InChI=1S/C17H26N2O2/c1-2-13-18-17-6-4-3-5-15(17)10-7-14-8-11-16(12-9-14)19(20)21/h8-9,11-12,15,17-18H,2-7,10,13H2,1H3. The van der Waals surface area contributed by atoms with Gasteiger partial charge in [-0.25, -0.2) is 0 Å². The van der Waals surface area contributed by atoms with Crippen LogP contribution in [-0.2, 0) is 6.42 Å². The molecule has 0 bridgehead atoms. The van der Waals surface area contributed by atoms with Crippen LogP contribution in [0.5, 0.6) is 0 Å². The average Bonchev–Trinajstić information content (AvgIpc) is 2.52. The van der Waals surface area contributed by atoms with Gasteiger partial charge in [0.1, 0.15) is 0 Å². The first-order chi connectivity index (χ1) is 10.2. The molecule has 1 aromatic carbocycles. The van der Waals surface area contributed by atoms with Crippen molar-refractivity contribution in [2.24, 2.45) is 5.92 Å². The lowest BCUT2D eigenvalue weighted by atomic mass is 9.81. The number of nitro groups is 1. The minimum atomic E-state index is -0.338. The topological polar surface area (TPSA) is 55.2 Å². The molecule has 21 heavy (non-hydrogen) atoms. The predicted octanol–water partition coefficient (Wildman–Crippen LogP) is 4.09. The molecule has 1 fully saturated rings. The molecule has 1 N–H and O–H groups in total. The van der Waals surface area contributed by atoms with Crippen LogP contribution in [0.1, 0.15) is 51.0 Å². The van der Waals surface area contributed by atoms with Crippen LogP contribution in [0.4, 0.5) is 5.69 Å². The third-order valence-electron chi connectivity index (χ3n) is 4.52. The zero-order valence-corrected chi connectivity index (χ0v) is 12.9. The van der Waals surface area contributed by atoms with Crippen molar-refractivity contribution in [1.29, 1.82) is 0 Å². The fourth-order valence-electron chi connectivity index (χ4n) is 3.29. The predicted molar refractivity (Wildman–Crippen MR) is 85.5 cm³/mol. The number of nitrogens with one attached hydrogen (secondary N) is 1. The summed E-state index contributed by atoms with van der Waals surface area (Å²) in [6.45, 7) is 3.32. The third kappa shape index (κ3) is 4.81. The van der Waals surface area contributed by atoms with Crippen molar-refractivity contribution in [3.63, 3.8) is 0 Å². The number of rotatable bonds is 7. The van der Waals surface area contributed by atoms with Crippen molar-refractivity contribution >= 4 is 5.69 Å². The Bertz CT molecular complexity index is 445. The summed E-state index contributed by atoms with van der Waals surface area (Å²) >= 11 is 0. The fraction of sp³-hybridized carbons (Fsp3) is 0.647. The summed E-state index contributed by atoms with van der Waals surface area (Å²) in [5.41, 5.74) is 1.39. The van der Waals surface area contributed by atoms with Gasteiger partial charge < -0.3 is 5.32 Å². The van der Waals surface area contributed by atoms with Gasteiger partial charge in [-0.1, -0.05) is 31.9 Å². The molecule has 116 valence electrons. The number of non-ortho nitro benzene ring substituents is 1. The molecule has 2 unspecified atom stereocenters. The van der Waals surface area contributed by atoms with Crippen molar-refractivity contribution in [2.45, 2.75) is 57.9 Å². The normalized spacial score (nSPS) is 22.1. The van der Waals surface area contributed by atoms with Gasteiger partial charge in [0.25, 0.3) is 5.69 Å².